The van der Waals surface area contributed by atoms with E-state index in [4.69, 9.17) is 20.1 Å². The summed E-state index contributed by atoms with van der Waals surface area (Å²) in [5.41, 5.74) is 8.84. The standard InChI is InChI=1S/C26H30FN7O5.C21H22FN7O3/c1-14-10-20(30-13-17(14)27)32-21-11-19(16(12-29-21)23(35)28-5)31-18-9-7-8-15(22(18)38-6)24(36)33-34-25(37)39-26(2,3)4;1-11-7-17(26-10-14(11)22)28-18-8-16(13(9-25-18)20(30)24-2)27-15-6-4-5-12(19(15)32-3)21(31)29-23/h7-13H,1-6H3,(H,28,35)(H,33,36)(H,34,37)(H2,29,30,31,32);4-10H,23H2,1-3H3,(H,24,30)(H,29,31)(H2,25,26,27,28). The average Bonchev–Trinajstić information content (AvgIpc) is 3.34. The molecule has 24 heteroatoms. The zero-order valence-corrected chi connectivity index (χ0v) is 40.0. The Labute approximate surface area is 406 Å². The van der Waals surface area contributed by atoms with Crippen molar-refractivity contribution >= 4 is 75.7 Å². The van der Waals surface area contributed by atoms with Gasteiger partial charge in [-0.3, -0.25) is 30.0 Å². The summed E-state index contributed by atoms with van der Waals surface area (Å²) in [5.74, 6) is 4.19. The Bertz CT molecular complexity index is 2950. The van der Waals surface area contributed by atoms with Gasteiger partial charge in [-0.25, -0.2) is 44.8 Å². The van der Waals surface area contributed by atoms with Crippen LogP contribution in [0.2, 0.25) is 0 Å². The zero-order valence-electron chi connectivity index (χ0n) is 40.0. The van der Waals surface area contributed by atoms with Crippen LogP contribution in [0.5, 0.6) is 11.5 Å². The number of rotatable bonds is 14. The van der Waals surface area contributed by atoms with Crippen LogP contribution in [0.1, 0.15) is 73.3 Å². The first-order valence-electron chi connectivity index (χ1n) is 21.2. The lowest BCUT2D eigenvalue weighted by atomic mass is 10.1. The second-order valence-electron chi connectivity index (χ2n) is 15.9. The third kappa shape index (κ3) is 13.9. The van der Waals surface area contributed by atoms with Gasteiger partial charge < -0.3 is 46.1 Å². The van der Waals surface area contributed by atoms with Gasteiger partial charge in [0, 0.05) is 38.6 Å². The number of nitrogens with zero attached hydrogens (tertiary/aromatic N) is 4. The lowest BCUT2D eigenvalue weighted by molar-refractivity contribution is 0.0482. The van der Waals surface area contributed by atoms with Gasteiger partial charge >= 0.3 is 6.09 Å². The van der Waals surface area contributed by atoms with Gasteiger partial charge in [-0.2, -0.15) is 0 Å². The molecular formula is C47H52F2N14O8. The van der Waals surface area contributed by atoms with Crippen LogP contribution in [-0.4, -0.2) is 83.6 Å². The summed E-state index contributed by atoms with van der Waals surface area (Å²) < 4.78 is 43.1. The van der Waals surface area contributed by atoms with E-state index in [1.54, 1.807) is 77.1 Å². The normalized spacial score (nSPS) is 10.5. The molecule has 0 spiro atoms. The number of para-hydroxylation sites is 2. The minimum absolute atomic E-state index is 0.0958. The Morgan fingerprint density at radius 2 is 0.944 bits per heavy atom. The summed E-state index contributed by atoms with van der Waals surface area (Å²) >= 11 is 0. The Hall–Kier alpha value is -9.19. The molecule has 22 nitrogen and oxygen atoms in total. The molecule has 2 aromatic carbocycles. The maximum atomic E-state index is 13.6. The first-order chi connectivity index (χ1) is 33.8. The number of nitrogens with two attached hydrogens (primary N) is 1. The number of carbonyl (C=O) groups is 5. The van der Waals surface area contributed by atoms with E-state index >= 15 is 0 Å². The Morgan fingerprint density at radius 1 is 0.535 bits per heavy atom. The van der Waals surface area contributed by atoms with Gasteiger partial charge in [0.15, 0.2) is 11.5 Å². The number of aryl methyl sites for hydroxylation is 2. The molecule has 0 saturated carbocycles. The van der Waals surface area contributed by atoms with Crippen molar-refractivity contribution < 1.29 is 47.0 Å². The van der Waals surface area contributed by atoms with Gasteiger partial charge in [0.05, 0.1) is 71.6 Å². The molecule has 6 aromatic rings. The van der Waals surface area contributed by atoms with E-state index < -0.39 is 41.1 Å². The highest BCUT2D eigenvalue weighted by Gasteiger charge is 2.22. The molecule has 4 heterocycles. The number of amides is 5. The molecule has 0 saturated heterocycles. The monoisotopic (exact) mass is 978 g/mol. The number of hydrazine groups is 2. The number of carbonyl (C=O) groups excluding carboxylic acids is 5. The number of halogens is 2. The summed E-state index contributed by atoms with van der Waals surface area (Å²) in [6.07, 6.45) is 4.10. The molecule has 0 fully saturated rings. The molecule has 11 N–H and O–H groups in total. The smallest absolute Gasteiger partial charge is 0.426 e. The molecule has 6 rings (SSSR count). The van der Waals surface area contributed by atoms with Gasteiger partial charge in [-0.15, -0.1) is 0 Å². The number of pyridine rings is 4. The van der Waals surface area contributed by atoms with Crippen LogP contribution < -0.4 is 63.5 Å². The second-order valence-corrected chi connectivity index (χ2v) is 15.9. The maximum Gasteiger partial charge on any atom is 0.426 e. The van der Waals surface area contributed by atoms with Crippen molar-refractivity contribution in [2.75, 3.05) is 49.6 Å². The van der Waals surface area contributed by atoms with Crippen LogP contribution in [0.3, 0.4) is 0 Å². The van der Waals surface area contributed by atoms with Crippen LogP contribution in [0.4, 0.5) is 59.6 Å². The van der Waals surface area contributed by atoms with Crippen molar-refractivity contribution in [3.05, 3.63) is 130 Å². The van der Waals surface area contributed by atoms with Crippen molar-refractivity contribution in [3.8, 4) is 11.5 Å². The van der Waals surface area contributed by atoms with Gasteiger partial charge in [-0.05, 0) is 82.1 Å². The topological polar surface area (TPSA) is 299 Å². The van der Waals surface area contributed by atoms with Gasteiger partial charge in [0.2, 0.25) is 0 Å². The predicted molar refractivity (Wildman–Crippen MR) is 261 cm³/mol. The van der Waals surface area contributed by atoms with E-state index in [9.17, 15) is 32.8 Å². The number of aromatic nitrogens is 4. The number of anilines is 8. The fourth-order valence-electron chi connectivity index (χ4n) is 6.28. The lowest BCUT2D eigenvalue weighted by Crippen LogP contribution is -2.44. The van der Waals surface area contributed by atoms with Crippen molar-refractivity contribution in [2.24, 2.45) is 5.84 Å². The molecule has 5 amide bonds. The fourth-order valence-corrected chi connectivity index (χ4v) is 6.28. The summed E-state index contributed by atoms with van der Waals surface area (Å²) in [6, 6.07) is 15.8. The minimum Gasteiger partial charge on any atom is -0.494 e. The Morgan fingerprint density at radius 3 is 1.32 bits per heavy atom. The predicted octanol–water partition coefficient (Wildman–Crippen LogP) is 6.33. The van der Waals surface area contributed by atoms with Crippen molar-refractivity contribution in [1.82, 2.24) is 46.8 Å². The fraction of sp³-hybridized carbons (Fsp3) is 0.213. The molecule has 4 aromatic heterocycles. The number of ether oxygens (including phenoxy) is 3. The summed E-state index contributed by atoms with van der Waals surface area (Å²) in [7, 11) is 5.76. The Kier molecular flexibility index (Phi) is 17.6. The number of nitrogen functional groups attached to an aromatic ring is 1. The van der Waals surface area contributed by atoms with Crippen molar-refractivity contribution in [3.63, 3.8) is 0 Å². The number of methoxy groups -OCH3 is 2. The zero-order chi connectivity index (χ0) is 52.0. The third-order valence-electron chi connectivity index (χ3n) is 9.63. The third-order valence-corrected chi connectivity index (χ3v) is 9.63. The van der Waals surface area contributed by atoms with E-state index in [2.05, 4.69) is 68.1 Å². The summed E-state index contributed by atoms with van der Waals surface area (Å²) in [6.45, 7) is 8.30. The number of hydrogen-bond donors (Lipinski definition) is 10. The quantitative estimate of drug-likeness (QED) is 0.0324. The van der Waals surface area contributed by atoms with Crippen LogP contribution >= 0.6 is 0 Å². The van der Waals surface area contributed by atoms with Crippen molar-refractivity contribution in [1.29, 1.82) is 0 Å². The van der Waals surface area contributed by atoms with Crippen LogP contribution in [-0.2, 0) is 4.74 Å². The average molecular weight is 979 g/mol. The SMILES string of the molecule is CNC(=O)c1cnc(Nc2cc(C)c(F)cn2)cc1Nc1cccc(C(=O)NN)c1OC.CNC(=O)c1cnc(Nc2cc(C)c(F)cn2)cc1Nc1cccc(C(=O)NNC(=O)OC(C)(C)C)c1OC. The second kappa shape index (κ2) is 23.7. The Balaban J connectivity index is 0.000000269. The first-order valence-corrected chi connectivity index (χ1v) is 21.2. The highest BCUT2D eigenvalue weighted by molar-refractivity contribution is 6.03. The molecule has 0 bridgehead atoms. The lowest BCUT2D eigenvalue weighted by Gasteiger charge is -2.20. The highest BCUT2D eigenvalue weighted by atomic mass is 19.1. The van der Waals surface area contributed by atoms with E-state index in [-0.39, 0.29) is 39.7 Å². The molecular weight excluding hydrogens is 927 g/mol. The largest absolute Gasteiger partial charge is 0.494 e. The van der Waals surface area contributed by atoms with Crippen LogP contribution in [0, 0.1) is 25.5 Å². The first kappa shape index (κ1) is 52.8. The van der Waals surface area contributed by atoms with Gasteiger partial charge in [0.1, 0.15) is 40.5 Å². The van der Waals surface area contributed by atoms with E-state index in [1.807, 2.05) is 0 Å². The molecule has 0 unspecified atom stereocenters. The van der Waals surface area contributed by atoms with E-state index in [0.717, 1.165) is 12.4 Å². The van der Waals surface area contributed by atoms with E-state index in [1.165, 1.54) is 58.9 Å². The molecule has 0 atom stereocenters. The number of nitrogens with one attached hydrogen (secondary N) is 9. The molecule has 0 aliphatic heterocycles. The van der Waals surface area contributed by atoms with Gasteiger partial charge in [-0.1, -0.05) is 12.1 Å². The summed E-state index contributed by atoms with van der Waals surface area (Å²) in [4.78, 5) is 78.2. The minimum atomic E-state index is -0.832. The molecule has 0 aliphatic rings. The van der Waals surface area contributed by atoms with Crippen LogP contribution in [0.15, 0.2) is 85.5 Å². The van der Waals surface area contributed by atoms with Crippen molar-refractivity contribution in [2.45, 2.75) is 40.2 Å². The molecule has 0 aliphatic carbocycles. The number of benzene rings is 2. The summed E-state index contributed by atoms with van der Waals surface area (Å²) in [5, 5.41) is 17.3. The highest BCUT2D eigenvalue weighted by Crippen LogP contribution is 2.35. The van der Waals surface area contributed by atoms with E-state index in [0.29, 0.717) is 57.1 Å². The molecule has 0 radical (unpaired) electrons. The maximum absolute atomic E-state index is 13.6. The molecule has 372 valence electrons. The number of hydrogen-bond acceptors (Lipinski definition) is 17. The van der Waals surface area contributed by atoms with Crippen LogP contribution in [0.25, 0.3) is 0 Å². The molecule has 71 heavy (non-hydrogen) atoms. The van der Waals surface area contributed by atoms with Gasteiger partial charge in [0.25, 0.3) is 23.6 Å².